The van der Waals surface area contributed by atoms with E-state index in [-0.39, 0.29) is 25.3 Å². The Kier molecular flexibility index (Phi) is 6.02. The van der Waals surface area contributed by atoms with Crippen molar-refractivity contribution in [2.75, 3.05) is 13.2 Å². The number of esters is 1. The van der Waals surface area contributed by atoms with Crippen molar-refractivity contribution in [2.24, 2.45) is 0 Å². The Morgan fingerprint density at radius 2 is 1.92 bits per heavy atom. The van der Waals surface area contributed by atoms with E-state index in [1.807, 2.05) is 0 Å². The van der Waals surface area contributed by atoms with Crippen molar-refractivity contribution in [3.8, 4) is 0 Å². The van der Waals surface area contributed by atoms with Crippen LogP contribution in [0.1, 0.15) is 38.1 Å². The summed E-state index contributed by atoms with van der Waals surface area (Å²) in [7, 11) is 0. The minimum absolute atomic E-state index is 0.236. The van der Waals surface area contributed by atoms with Crippen LogP contribution in [0.25, 0.3) is 10.8 Å². The highest BCUT2D eigenvalue weighted by atomic mass is 16.6. The van der Waals surface area contributed by atoms with Crippen LogP contribution in [0.2, 0.25) is 0 Å². The van der Waals surface area contributed by atoms with Gasteiger partial charge in [-0.15, -0.1) is 0 Å². The first kappa shape index (κ1) is 19.5. The average Bonchev–Trinajstić information content (AvgIpc) is 2.55. The number of amides is 1. The van der Waals surface area contributed by atoms with Gasteiger partial charge in [0.1, 0.15) is 5.60 Å². The van der Waals surface area contributed by atoms with Crippen molar-refractivity contribution in [2.45, 2.75) is 39.8 Å². The summed E-state index contributed by atoms with van der Waals surface area (Å²) in [6.45, 7) is 7.87. The third-order valence-electron chi connectivity index (χ3n) is 3.51. The second-order valence-electron chi connectivity index (χ2n) is 6.77. The molecule has 0 saturated heterocycles. The lowest BCUT2D eigenvalue weighted by atomic mass is 10.1. The third kappa shape index (κ3) is 5.08. The molecule has 7 heteroatoms. The van der Waals surface area contributed by atoms with E-state index in [0.29, 0.717) is 10.9 Å². The predicted octanol–water partition coefficient (Wildman–Crippen LogP) is 2.70. The highest BCUT2D eigenvalue weighted by Gasteiger charge is 2.15. The number of rotatable bonds is 5. The number of nitrogens with zero attached hydrogens (tertiary/aromatic N) is 1. The number of fused-ring (bicyclic) bond motifs is 1. The molecule has 0 fully saturated rings. The zero-order chi connectivity index (χ0) is 19.3. The molecular formula is C19H24N2O5. The number of carbonyl (C=O) groups excluding carboxylic acids is 2. The van der Waals surface area contributed by atoms with Gasteiger partial charge in [-0.3, -0.25) is 4.79 Å². The third-order valence-corrected chi connectivity index (χ3v) is 3.51. The lowest BCUT2D eigenvalue weighted by Gasteiger charge is -2.19. The van der Waals surface area contributed by atoms with Crippen LogP contribution in [-0.2, 0) is 16.0 Å². The molecule has 1 aromatic carbocycles. The van der Waals surface area contributed by atoms with E-state index in [9.17, 15) is 14.4 Å². The van der Waals surface area contributed by atoms with E-state index in [1.165, 1.54) is 10.6 Å². The van der Waals surface area contributed by atoms with Gasteiger partial charge in [0, 0.05) is 24.7 Å². The topological polar surface area (TPSA) is 86.6 Å². The molecule has 1 heterocycles. The minimum Gasteiger partial charge on any atom is -0.462 e. The molecular weight excluding hydrogens is 336 g/mol. The summed E-state index contributed by atoms with van der Waals surface area (Å²) in [5, 5.41) is 3.78. The second-order valence-corrected chi connectivity index (χ2v) is 6.77. The van der Waals surface area contributed by atoms with Crippen LogP contribution in [0.15, 0.2) is 35.3 Å². The molecule has 0 unspecified atom stereocenters. The summed E-state index contributed by atoms with van der Waals surface area (Å²) >= 11 is 0. The molecule has 0 saturated carbocycles. The van der Waals surface area contributed by atoms with Crippen molar-refractivity contribution < 1.29 is 19.1 Å². The maximum Gasteiger partial charge on any atom is 0.407 e. The standard InChI is InChI=1S/C19H24N2O5/c1-5-25-17(23)14-7-6-13-8-10-21(16(22)15(13)12-14)11-9-20-18(24)26-19(2,3)4/h6-8,10,12H,5,9,11H2,1-4H3,(H,20,24). The molecule has 2 rings (SSSR count). The molecule has 0 aliphatic heterocycles. The maximum atomic E-state index is 12.6. The summed E-state index contributed by atoms with van der Waals surface area (Å²) < 4.78 is 11.6. The van der Waals surface area contributed by atoms with Crippen molar-refractivity contribution in [1.29, 1.82) is 0 Å². The normalized spacial score (nSPS) is 11.2. The molecule has 0 radical (unpaired) electrons. The van der Waals surface area contributed by atoms with Crippen LogP contribution < -0.4 is 10.9 Å². The first-order valence-corrected chi connectivity index (χ1v) is 8.48. The molecule has 0 aliphatic rings. The fourth-order valence-corrected chi connectivity index (χ4v) is 2.39. The van der Waals surface area contributed by atoms with Gasteiger partial charge in [0.05, 0.1) is 12.2 Å². The maximum absolute atomic E-state index is 12.6. The molecule has 0 aliphatic carbocycles. The van der Waals surface area contributed by atoms with Gasteiger partial charge in [0.25, 0.3) is 5.56 Å². The number of carbonyl (C=O) groups is 2. The molecule has 0 bridgehead atoms. The number of nitrogens with one attached hydrogen (secondary N) is 1. The summed E-state index contributed by atoms with van der Waals surface area (Å²) in [6, 6.07) is 6.67. The molecule has 0 atom stereocenters. The van der Waals surface area contributed by atoms with Crippen LogP contribution in [-0.4, -0.2) is 35.4 Å². The number of alkyl carbamates (subject to hydrolysis) is 1. The van der Waals surface area contributed by atoms with E-state index < -0.39 is 17.7 Å². The SMILES string of the molecule is CCOC(=O)c1ccc2ccn(CCNC(=O)OC(C)(C)C)c(=O)c2c1. The molecule has 140 valence electrons. The van der Waals surface area contributed by atoms with Crippen molar-refractivity contribution in [3.63, 3.8) is 0 Å². The van der Waals surface area contributed by atoms with E-state index in [2.05, 4.69) is 5.32 Å². The van der Waals surface area contributed by atoms with Crippen molar-refractivity contribution >= 4 is 22.8 Å². The second kappa shape index (κ2) is 8.03. The van der Waals surface area contributed by atoms with Crippen molar-refractivity contribution in [1.82, 2.24) is 9.88 Å². The number of ether oxygens (including phenoxy) is 2. The van der Waals surface area contributed by atoms with Crippen LogP contribution in [0.3, 0.4) is 0 Å². The van der Waals surface area contributed by atoms with Crippen LogP contribution in [0.4, 0.5) is 4.79 Å². The predicted molar refractivity (Wildman–Crippen MR) is 98.4 cm³/mol. The van der Waals surface area contributed by atoms with E-state index in [0.717, 1.165) is 5.39 Å². The minimum atomic E-state index is -0.576. The number of hydrogen-bond acceptors (Lipinski definition) is 5. The smallest absolute Gasteiger partial charge is 0.407 e. The van der Waals surface area contributed by atoms with E-state index >= 15 is 0 Å². The highest BCUT2D eigenvalue weighted by Crippen LogP contribution is 2.13. The van der Waals surface area contributed by atoms with Gasteiger partial charge in [0.15, 0.2) is 0 Å². The molecule has 2 aromatic rings. The zero-order valence-corrected chi connectivity index (χ0v) is 15.5. The zero-order valence-electron chi connectivity index (χ0n) is 15.5. The van der Waals surface area contributed by atoms with Gasteiger partial charge in [-0.25, -0.2) is 9.59 Å². The Labute approximate surface area is 151 Å². The Morgan fingerprint density at radius 1 is 1.19 bits per heavy atom. The first-order valence-electron chi connectivity index (χ1n) is 8.48. The molecule has 1 N–H and O–H groups in total. The van der Waals surface area contributed by atoms with Gasteiger partial charge in [-0.2, -0.15) is 0 Å². The number of benzene rings is 1. The summed E-state index contributed by atoms with van der Waals surface area (Å²) in [6.07, 6.45) is 1.13. The quantitative estimate of drug-likeness (QED) is 0.829. The fraction of sp³-hybridized carbons (Fsp3) is 0.421. The molecule has 1 amide bonds. The Hall–Kier alpha value is -2.83. The van der Waals surface area contributed by atoms with Gasteiger partial charge in [-0.1, -0.05) is 6.07 Å². The van der Waals surface area contributed by atoms with Crippen LogP contribution in [0, 0.1) is 0 Å². The number of pyridine rings is 1. The Morgan fingerprint density at radius 3 is 2.58 bits per heavy atom. The molecule has 26 heavy (non-hydrogen) atoms. The van der Waals surface area contributed by atoms with Gasteiger partial charge < -0.3 is 19.4 Å². The molecule has 0 spiro atoms. The summed E-state index contributed by atoms with van der Waals surface area (Å²) in [4.78, 5) is 36.1. The van der Waals surface area contributed by atoms with Crippen molar-refractivity contribution in [3.05, 3.63) is 46.4 Å². The van der Waals surface area contributed by atoms with Gasteiger partial charge in [0.2, 0.25) is 0 Å². The fourth-order valence-electron chi connectivity index (χ4n) is 2.39. The number of hydrogen-bond donors (Lipinski definition) is 1. The monoisotopic (exact) mass is 360 g/mol. The van der Waals surface area contributed by atoms with Crippen LogP contribution >= 0.6 is 0 Å². The molecule has 1 aromatic heterocycles. The summed E-state index contributed by atoms with van der Waals surface area (Å²) in [5.74, 6) is -0.462. The Bertz CT molecular complexity index is 864. The number of aromatic nitrogens is 1. The largest absolute Gasteiger partial charge is 0.462 e. The van der Waals surface area contributed by atoms with Gasteiger partial charge in [-0.05, 0) is 51.3 Å². The first-order chi connectivity index (χ1) is 12.2. The lowest BCUT2D eigenvalue weighted by molar-refractivity contribution is 0.0515. The Balaban J connectivity index is 2.13. The molecule has 7 nitrogen and oxygen atoms in total. The average molecular weight is 360 g/mol. The van der Waals surface area contributed by atoms with E-state index in [4.69, 9.17) is 9.47 Å². The van der Waals surface area contributed by atoms with Gasteiger partial charge >= 0.3 is 12.1 Å². The van der Waals surface area contributed by atoms with Crippen LogP contribution in [0.5, 0.6) is 0 Å². The highest BCUT2D eigenvalue weighted by molar-refractivity contribution is 5.95. The van der Waals surface area contributed by atoms with E-state index in [1.54, 1.807) is 52.1 Å². The lowest BCUT2D eigenvalue weighted by Crippen LogP contribution is -2.35. The summed E-state index contributed by atoms with van der Waals surface area (Å²) in [5.41, 5.74) is -0.478.